The molecule has 0 aliphatic carbocycles. The Kier molecular flexibility index (Phi) is 5.12. The third kappa shape index (κ3) is 3.14. The Morgan fingerprint density at radius 3 is 2.19 bits per heavy atom. The highest BCUT2D eigenvalue weighted by atomic mass is 19.3. The van der Waals surface area contributed by atoms with Crippen molar-refractivity contribution in [1.29, 1.82) is 0 Å². The van der Waals surface area contributed by atoms with Gasteiger partial charge in [-0.05, 0) is 39.7 Å². The molecular formula is C12H24F2N2. The molecule has 0 bridgehead atoms. The summed E-state index contributed by atoms with van der Waals surface area (Å²) in [6.45, 7) is 8.49. The molecule has 16 heavy (non-hydrogen) atoms. The standard InChI is InChI=1S/C12H24F2N2/c1-4-7-15-12(11(13)14)5-8-16(9-6-12)10(2)3/h10-11,15H,4-9H2,1-3H3. The highest BCUT2D eigenvalue weighted by Crippen LogP contribution is 2.29. The molecule has 0 unspecified atom stereocenters. The van der Waals surface area contributed by atoms with Crippen LogP contribution in [0.1, 0.15) is 40.0 Å². The van der Waals surface area contributed by atoms with Crippen LogP contribution in [0.2, 0.25) is 0 Å². The van der Waals surface area contributed by atoms with E-state index in [-0.39, 0.29) is 0 Å². The molecule has 0 aromatic heterocycles. The van der Waals surface area contributed by atoms with Gasteiger partial charge >= 0.3 is 0 Å². The Morgan fingerprint density at radius 1 is 1.25 bits per heavy atom. The van der Waals surface area contributed by atoms with Gasteiger partial charge in [0.25, 0.3) is 6.43 Å². The van der Waals surface area contributed by atoms with Gasteiger partial charge in [0, 0.05) is 19.1 Å². The molecule has 4 heteroatoms. The fraction of sp³-hybridized carbons (Fsp3) is 1.00. The van der Waals surface area contributed by atoms with Gasteiger partial charge in [0.1, 0.15) is 0 Å². The van der Waals surface area contributed by atoms with Crippen molar-refractivity contribution in [1.82, 2.24) is 10.2 Å². The smallest absolute Gasteiger partial charge is 0.256 e. The molecule has 0 aromatic rings. The summed E-state index contributed by atoms with van der Waals surface area (Å²) in [6.07, 6.45) is -0.234. The molecule has 1 heterocycles. The largest absolute Gasteiger partial charge is 0.306 e. The van der Waals surface area contributed by atoms with Gasteiger partial charge < -0.3 is 10.2 Å². The summed E-state index contributed by atoms with van der Waals surface area (Å²) in [5.41, 5.74) is -0.929. The lowest BCUT2D eigenvalue weighted by atomic mass is 9.87. The van der Waals surface area contributed by atoms with Crippen LogP contribution >= 0.6 is 0 Å². The van der Waals surface area contributed by atoms with Crippen LogP contribution in [0.5, 0.6) is 0 Å². The van der Waals surface area contributed by atoms with Crippen molar-refractivity contribution in [3.05, 3.63) is 0 Å². The monoisotopic (exact) mass is 234 g/mol. The molecule has 0 saturated carbocycles. The van der Waals surface area contributed by atoms with Crippen LogP contribution < -0.4 is 5.32 Å². The summed E-state index contributed by atoms with van der Waals surface area (Å²) >= 11 is 0. The van der Waals surface area contributed by atoms with Gasteiger partial charge in [-0.1, -0.05) is 6.92 Å². The molecule has 0 radical (unpaired) electrons. The zero-order chi connectivity index (χ0) is 12.2. The van der Waals surface area contributed by atoms with E-state index in [0.29, 0.717) is 25.4 Å². The Bertz CT molecular complexity index is 199. The molecule has 1 aliphatic rings. The number of rotatable bonds is 5. The summed E-state index contributed by atoms with van der Waals surface area (Å²) in [6, 6.07) is 0.460. The zero-order valence-corrected chi connectivity index (χ0v) is 10.6. The van der Waals surface area contributed by atoms with Gasteiger partial charge in [0.2, 0.25) is 0 Å². The van der Waals surface area contributed by atoms with Gasteiger partial charge in [0.15, 0.2) is 0 Å². The maximum absolute atomic E-state index is 13.1. The SMILES string of the molecule is CCCNC1(C(F)F)CCN(C(C)C)CC1. The first kappa shape index (κ1) is 13.8. The second-order valence-electron chi connectivity index (χ2n) is 5.01. The van der Waals surface area contributed by atoms with E-state index in [1.807, 2.05) is 6.92 Å². The van der Waals surface area contributed by atoms with Crippen LogP contribution in [0.4, 0.5) is 8.78 Å². The number of alkyl halides is 2. The van der Waals surface area contributed by atoms with E-state index in [4.69, 9.17) is 0 Å². The lowest BCUT2D eigenvalue weighted by Gasteiger charge is -2.43. The third-order valence-electron chi connectivity index (χ3n) is 3.57. The molecule has 1 fully saturated rings. The summed E-state index contributed by atoms with van der Waals surface area (Å²) in [4.78, 5) is 2.27. The fourth-order valence-electron chi connectivity index (χ4n) is 2.29. The minimum Gasteiger partial charge on any atom is -0.306 e. The second kappa shape index (κ2) is 5.92. The average Bonchev–Trinajstić information content (AvgIpc) is 2.26. The van der Waals surface area contributed by atoms with Crippen LogP contribution in [0.25, 0.3) is 0 Å². The van der Waals surface area contributed by atoms with Crippen molar-refractivity contribution in [3.63, 3.8) is 0 Å². The normalized spacial score (nSPS) is 21.9. The molecule has 1 aliphatic heterocycles. The van der Waals surface area contributed by atoms with E-state index in [9.17, 15) is 8.78 Å². The first-order valence-electron chi connectivity index (χ1n) is 6.29. The molecule has 96 valence electrons. The number of nitrogens with one attached hydrogen (secondary N) is 1. The number of likely N-dealkylation sites (tertiary alicyclic amines) is 1. The number of piperidine rings is 1. The quantitative estimate of drug-likeness (QED) is 0.786. The van der Waals surface area contributed by atoms with E-state index in [2.05, 4.69) is 24.1 Å². The third-order valence-corrected chi connectivity index (χ3v) is 3.57. The van der Waals surface area contributed by atoms with Gasteiger partial charge in [0.05, 0.1) is 5.54 Å². The first-order valence-corrected chi connectivity index (χ1v) is 6.29. The predicted octanol–water partition coefficient (Wildman–Crippen LogP) is 2.49. The number of nitrogens with zero attached hydrogens (tertiary/aromatic N) is 1. The Balaban J connectivity index is 2.55. The van der Waals surface area contributed by atoms with Crippen molar-refractivity contribution in [2.75, 3.05) is 19.6 Å². The lowest BCUT2D eigenvalue weighted by molar-refractivity contribution is -0.0161. The van der Waals surface area contributed by atoms with E-state index in [1.165, 1.54) is 0 Å². The summed E-state index contributed by atoms with van der Waals surface area (Å²) in [7, 11) is 0. The molecular weight excluding hydrogens is 210 g/mol. The topological polar surface area (TPSA) is 15.3 Å². The van der Waals surface area contributed by atoms with Crippen molar-refractivity contribution >= 4 is 0 Å². The van der Waals surface area contributed by atoms with Crippen LogP contribution in [0.15, 0.2) is 0 Å². The first-order chi connectivity index (χ1) is 7.52. The Morgan fingerprint density at radius 2 is 1.81 bits per heavy atom. The summed E-state index contributed by atoms with van der Waals surface area (Å²) in [5.74, 6) is 0. The maximum atomic E-state index is 13.1. The minimum atomic E-state index is -2.26. The summed E-state index contributed by atoms with van der Waals surface area (Å²) < 4.78 is 26.3. The molecule has 0 spiro atoms. The Labute approximate surface area is 97.4 Å². The molecule has 0 atom stereocenters. The van der Waals surface area contributed by atoms with Crippen molar-refractivity contribution < 1.29 is 8.78 Å². The van der Waals surface area contributed by atoms with Crippen LogP contribution in [0, 0.1) is 0 Å². The van der Waals surface area contributed by atoms with Gasteiger partial charge in [-0.3, -0.25) is 0 Å². The van der Waals surface area contributed by atoms with Crippen LogP contribution in [0.3, 0.4) is 0 Å². The maximum Gasteiger partial charge on any atom is 0.256 e. The van der Waals surface area contributed by atoms with Crippen LogP contribution in [-0.4, -0.2) is 42.5 Å². The molecule has 1 rings (SSSR count). The van der Waals surface area contributed by atoms with E-state index >= 15 is 0 Å². The highest BCUT2D eigenvalue weighted by molar-refractivity contribution is 4.96. The number of hydrogen-bond donors (Lipinski definition) is 1. The van der Waals surface area contributed by atoms with Gasteiger partial charge in [-0.2, -0.15) is 0 Å². The molecule has 2 nitrogen and oxygen atoms in total. The van der Waals surface area contributed by atoms with Gasteiger partial charge in [-0.25, -0.2) is 8.78 Å². The molecule has 0 aromatic carbocycles. The number of halogens is 2. The van der Waals surface area contributed by atoms with Crippen molar-refractivity contribution in [2.24, 2.45) is 0 Å². The molecule has 1 N–H and O–H groups in total. The van der Waals surface area contributed by atoms with Crippen molar-refractivity contribution in [3.8, 4) is 0 Å². The minimum absolute atomic E-state index is 0.460. The fourth-order valence-corrected chi connectivity index (χ4v) is 2.29. The molecule has 1 saturated heterocycles. The second-order valence-corrected chi connectivity index (χ2v) is 5.01. The Hall–Kier alpha value is -0.220. The number of hydrogen-bond acceptors (Lipinski definition) is 2. The predicted molar refractivity (Wildman–Crippen MR) is 63.0 cm³/mol. The highest BCUT2D eigenvalue weighted by Gasteiger charge is 2.42. The summed E-state index contributed by atoms with van der Waals surface area (Å²) in [5, 5.41) is 3.07. The molecule has 0 amide bonds. The van der Waals surface area contributed by atoms with Crippen molar-refractivity contribution in [2.45, 2.75) is 58.0 Å². The van der Waals surface area contributed by atoms with E-state index in [1.54, 1.807) is 0 Å². The zero-order valence-electron chi connectivity index (χ0n) is 10.6. The average molecular weight is 234 g/mol. The lowest BCUT2D eigenvalue weighted by Crippen LogP contribution is -2.58. The van der Waals surface area contributed by atoms with Gasteiger partial charge in [-0.15, -0.1) is 0 Å². The van der Waals surface area contributed by atoms with Crippen LogP contribution in [-0.2, 0) is 0 Å². The van der Waals surface area contributed by atoms with E-state index in [0.717, 1.165) is 19.5 Å². The van der Waals surface area contributed by atoms with E-state index < -0.39 is 12.0 Å².